The van der Waals surface area contributed by atoms with Crippen LogP contribution in [0.5, 0.6) is 0 Å². The van der Waals surface area contributed by atoms with E-state index in [0.29, 0.717) is 12.0 Å². The summed E-state index contributed by atoms with van der Waals surface area (Å²) in [5.74, 6) is 1.58. The van der Waals surface area contributed by atoms with E-state index >= 15 is 0 Å². The van der Waals surface area contributed by atoms with Crippen LogP contribution in [-0.2, 0) is 0 Å². The van der Waals surface area contributed by atoms with Crippen molar-refractivity contribution >= 4 is 0 Å². The fourth-order valence-corrected chi connectivity index (χ4v) is 3.88. The van der Waals surface area contributed by atoms with E-state index < -0.39 is 0 Å². The first-order valence-corrected chi connectivity index (χ1v) is 8.22. The summed E-state index contributed by atoms with van der Waals surface area (Å²) in [7, 11) is 4.36. The van der Waals surface area contributed by atoms with Crippen molar-refractivity contribution in [3.8, 4) is 0 Å². The van der Waals surface area contributed by atoms with Crippen LogP contribution in [0.15, 0.2) is 0 Å². The molecule has 112 valence electrons. The van der Waals surface area contributed by atoms with Gasteiger partial charge < -0.3 is 15.5 Å². The van der Waals surface area contributed by atoms with Crippen molar-refractivity contribution in [3.05, 3.63) is 0 Å². The average molecular weight is 267 g/mol. The minimum absolute atomic E-state index is 0.627. The van der Waals surface area contributed by atoms with Gasteiger partial charge in [-0.3, -0.25) is 0 Å². The zero-order valence-electron chi connectivity index (χ0n) is 13.3. The minimum atomic E-state index is 0.627. The third-order valence-electron chi connectivity index (χ3n) is 4.98. The minimum Gasteiger partial charge on any atom is -0.314 e. The molecule has 1 saturated carbocycles. The van der Waals surface area contributed by atoms with Crippen molar-refractivity contribution in [2.45, 2.75) is 64.1 Å². The van der Waals surface area contributed by atoms with E-state index in [1.165, 1.54) is 38.6 Å². The topological polar surface area (TPSA) is 27.3 Å². The van der Waals surface area contributed by atoms with E-state index in [-0.39, 0.29) is 0 Å². The van der Waals surface area contributed by atoms with Gasteiger partial charge in [0.2, 0.25) is 0 Å². The summed E-state index contributed by atoms with van der Waals surface area (Å²) in [6.07, 6.45) is 6.97. The molecule has 3 heteroatoms. The first-order valence-electron chi connectivity index (χ1n) is 8.22. The highest BCUT2D eigenvalue weighted by Crippen LogP contribution is 2.32. The average Bonchev–Trinajstić information content (AvgIpc) is 2.96. The second kappa shape index (κ2) is 7.05. The molecular weight excluding hydrogens is 234 g/mol. The number of nitrogens with one attached hydrogen (secondary N) is 2. The van der Waals surface area contributed by atoms with Crippen LogP contribution < -0.4 is 10.6 Å². The van der Waals surface area contributed by atoms with Gasteiger partial charge in [-0.2, -0.15) is 0 Å². The third kappa shape index (κ3) is 4.17. The highest BCUT2D eigenvalue weighted by atomic mass is 15.1. The Morgan fingerprint density at radius 2 is 1.95 bits per heavy atom. The Bertz CT molecular complexity index is 259. The molecule has 4 atom stereocenters. The normalized spacial score (nSPS) is 33.5. The van der Waals surface area contributed by atoms with Crippen molar-refractivity contribution in [2.24, 2.45) is 11.8 Å². The zero-order chi connectivity index (χ0) is 13.8. The Morgan fingerprint density at radius 1 is 1.16 bits per heavy atom. The summed E-state index contributed by atoms with van der Waals surface area (Å²) >= 11 is 0. The lowest BCUT2D eigenvalue weighted by Crippen LogP contribution is -2.51. The van der Waals surface area contributed by atoms with E-state index in [0.717, 1.165) is 24.5 Å². The lowest BCUT2D eigenvalue weighted by molar-refractivity contribution is 0.233. The maximum Gasteiger partial charge on any atom is 0.0220 e. The Balaban J connectivity index is 1.91. The van der Waals surface area contributed by atoms with Gasteiger partial charge in [0.05, 0.1) is 0 Å². The predicted octanol–water partition coefficient (Wildman–Crippen LogP) is 2.08. The Labute approximate surface area is 119 Å². The van der Waals surface area contributed by atoms with Crippen LogP contribution in [0, 0.1) is 11.8 Å². The number of likely N-dealkylation sites (N-methyl/N-ethyl adjacent to an activating group) is 1. The lowest BCUT2D eigenvalue weighted by Gasteiger charge is -2.33. The monoisotopic (exact) mass is 267 g/mol. The molecule has 0 aromatic rings. The van der Waals surface area contributed by atoms with Crippen molar-refractivity contribution in [2.75, 3.05) is 27.2 Å². The van der Waals surface area contributed by atoms with Crippen LogP contribution in [0.3, 0.4) is 0 Å². The first kappa shape index (κ1) is 15.3. The number of hydrogen-bond donors (Lipinski definition) is 2. The smallest absolute Gasteiger partial charge is 0.0220 e. The summed E-state index contributed by atoms with van der Waals surface area (Å²) in [4.78, 5) is 2.31. The molecule has 0 aromatic carbocycles. The molecular formula is C16H33N3. The van der Waals surface area contributed by atoms with Crippen LogP contribution in [0.1, 0.15) is 46.0 Å². The summed E-state index contributed by atoms with van der Waals surface area (Å²) < 4.78 is 0. The molecule has 2 aliphatic rings. The summed E-state index contributed by atoms with van der Waals surface area (Å²) in [5.41, 5.74) is 0. The van der Waals surface area contributed by atoms with Gasteiger partial charge in [0.15, 0.2) is 0 Å². The molecule has 0 spiro atoms. The fourth-order valence-electron chi connectivity index (χ4n) is 3.88. The third-order valence-corrected chi connectivity index (χ3v) is 4.98. The van der Waals surface area contributed by atoms with Gasteiger partial charge in [-0.05, 0) is 58.2 Å². The molecule has 1 aliphatic heterocycles. The highest BCUT2D eigenvalue weighted by molar-refractivity contribution is 4.95. The molecule has 0 radical (unpaired) electrons. The fraction of sp³-hybridized carbons (Fsp3) is 1.00. The number of nitrogens with zero attached hydrogens (tertiary/aromatic N) is 1. The van der Waals surface area contributed by atoms with Crippen molar-refractivity contribution in [1.82, 2.24) is 15.5 Å². The second-order valence-electron chi connectivity index (χ2n) is 7.18. The standard InChI is InChI=1S/C16H33N3/c1-12(2)16(11-19(3)4)18-15-8-5-7-13(15)14-9-6-10-17-14/h12-18H,5-11H2,1-4H3. The van der Waals surface area contributed by atoms with Gasteiger partial charge in [-0.15, -0.1) is 0 Å². The van der Waals surface area contributed by atoms with Gasteiger partial charge in [-0.1, -0.05) is 20.3 Å². The van der Waals surface area contributed by atoms with E-state index in [4.69, 9.17) is 0 Å². The van der Waals surface area contributed by atoms with Gasteiger partial charge in [0.25, 0.3) is 0 Å². The molecule has 3 nitrogen and oxygen atoms in total. The molecule has 1 saturated heterocycles. The van der Waals surface area contributed by atoms with Crippen molar-refractivity contribution < 1.29 is 0 Å². The molecule has 4 unspecified atom stereocenters. The molecule has 0 aromatic heterocycles. The molecule has 19 heavy (non-hydrogen) atoms. The van der Waals surface area contributed by atoms with Crippen LogP contribution >= 0.6 is 0 Å². The molecule has 1 aliphatic carbocycles. The molecule has 2 fully saturated rings. The Kier molecular flexibility index (Phi) is 5.67. The zero-order valence-corrected chi connectivity index (χ0v) is 13.3. The maximum absolute atomic E-state index is 3.99. The maximum atomic E-state index is 3.99. The summed E-state index contributed by atoms with van der Waals surface area (Å²) in [6.45, 7) is 7.08. The van der Waals surface area contributed by atoms with Crippen LogP contribution in [-0.4, -0.2) is 50.2 Å². The van der Waals surface area contributed by atoms with E-state index in [9.17, 15) is 0 Å². The summed E-state index contributed by atoms with van der Waals surface area (Å²) in [6, 6.07) is 2.15. The second-order valence-corrected chi connectivity index (χ2v) is 7.18. The van der Waals surface area contributed by atoms with E-state index in [1.54, 1.807) is 0 Å². The molecule has 0 bridgehead atoms. The van der Waals surface area contributed by atoms with Gasteiger partial charge in [-0.25, -0.2) is 0 Å². The van der Waals surface area contributed by atoms with Gasteiger partial charge in [0.1, 0.15) is 0 Å². The van der Waals surface area contributed by atoms with E-state index in [2.05, 4.69) is 43.5 Å². The quantitative estimate of drug-likeness (QED) is 0.771. The lowest BCUT2D eigenvalue weighted by atomic mass is 9.91. The molecule has 2 rings (SSSR count). The summed E-state index contributed by atoms with van der Waals surface area (Å²) in [5, 5.41) is 7.71. The Morgan fingerprint density at radius 3 is 2.53 bits per heavy atom. The van der Waals surface area contributed by atoms with Crippen LogP contribution in [0.2, 0.25) is 0 Å². The van der Waals surface area contributed by atoms with Crippen LogP contribution in [0.25, 0.3) is 0 Å². The SMILES string of the molecule is CC(C)C(CN(C)C)NC1CCCC1C1CCCN1. The molecule has 0 amide bonds. The van der Waals surface area contributed by atoms with Crippen LogP contribution in [0.4, 0.5) is 0 Å². The first-order chi connectivity index (χ1) is 9.08. The van der Waals surface area contributed by atoms with Crippen molar-refractivity contribution in [1.29, 1.82) is 0 Å². The number of hydrogen-bond acceptors (Lipinski definition) is 3. The van der Waals surface area contributed by atoms with Gasteiger partial charge >= 0.3 is 0 Å². The number of rotatable bonds is 6. The molecule has 1 heterocycles. The van der Waals surface area contributed by atoms with Crippen molar-refractivity contribution in [3.63, 3.8) is 0 Å². The largest absolute Gasteiger partial charge is 0.314 e. The Hall–Kier alpha value is -0.120. The van der Waals surface area contributed by atoms with E-state index in [1.807, 2.05) is 0 Å². The predicted molar refractivity (Wildman–Crippen MR) is 82.5 cm³/mol. The van der Waals surface area contributed by atoms with Gasteiger partial charge in [0, 0.05) is 24.7 Å². The highest BCUT2D eigenvalue weighted by Gasteiger charge is 2.36. The molecule has 2 N–H and O–H groups in total.